The van der Waals surface area contributed by atoms with Crippen LogP contribution in [0.2, 0.25) is 0 Å². The average Bonchev–Trinajstić information content (AvgIpc) is 2.65. The number of carbonyl (C=O) groups excluding carboxylic acids is 2. The van der Waals surface area contributed by atoms with Crippen molar-refractivity contribution in [2.45, 2.75) is 0 Å². The van der Waals surface area contributed by atoms with Gasteiger partial charge in [-0.1, -0.05) is 12.1 Å². The quantitative estimate of drug-likeness (QED) is 0.455. The molecule has 0 fully saturated rings. The number of aromatic hydroxyl groups is 3. The van der Waals surface area contributed by atoms with Gasteiger partial charge in [0.25, 0.3) is 11.8 Å². The normalized spacial score (nSPS) is 10.2. The Hall–Kier alpha value is -4.00. The number of rotatable bonds is 4. The Morgan fingerprint density at radius 3 is 1.93 bits per heavy atom. The highest BCUT2D eigenvalue weighted by Crippen LogP contribution is 2.28. The molecule has 0 bridgehead atoms. The number of phenols is 3. The van der Waals surface area contributed by atoms with Crippen molar-refractivity contribution in [2.24, 2.45) is 0 Å². The lowest BCUT2D eigenvalue weighted by Crippen LogP contribution is -2.13. The Balaban J connectivity index is 1.67. The van der Waals surface area contributed by atoms with E-state index in [2.05, 4.69) is 10.6 Å². The molecule has 0 saturated carbocycles. The molecule has 7 heteroatoms. The Morgan fingerprint density at radius 1 is 0.704 bits per heavy atom. The van der Waals surface area contributed by atoms with E-state index in [9.17, 15) is 24.9 Å². The molecule has 7 nitrogen and oxygen atoms in total. The van der Waals surface area contributed by atoms with Gasteiger partial charge < -0.3 is 26.0 Å². The second kappa shape index (κ2) is 7.49. The summed E-state index contributed by atoms with van der Waals surface area (Å²) in [7, 11) is 0. The number of hydrogen-bond donors (Lipinski definition) is 5. The lowest BCUT2D eigenvalue weighted by Gasteiger charge is -2.09. The number of carbonyl (C=O) groups is 2. The smallest absolute Gasteiger partial charge is 0.259 e. The predicted molar refractivity (Wildman–Crippen MR) is 100 cm³/mol. The third-order valence-electron chi connectivity index (χ3n) is 3.77. The minimum absolute atomic E-state index is 0.00379. The van der Waals surface area contributed by atoms with Crippen molar-refractivity contribution in [3.63, 3.8) is 0 Å². The zero-order chi connectivity index (χ0) is 19.4. The number of amides is 2. The van der Waals surface area contributed by atoms with Crippen LogP contribution in [-0.4, -0.2) is 27.1 Å². The van der Waals surface area contributed by atoms with Crippen LogP contribution in [0, 0.1) is 0 Å². The molecule has 0 aliphatic heterocycles. The van der Waals surface area contributed by atoms with Gasteiger partial charge in [0.1, 0.15) is 5.75 Å². The summed E-state index contributed by atoms with van der Waals surface area (Å²) in [5.41, 5.74) is 1.20. The molecular formula is C20H16N2O5. The van der Waals surface area contributed by atoms with Crippen LogP contribution >= 0.6 is 0 Å². The van der Waals surface area contributed by atoms with E-state index in [4.69, 9.17) is 0 Å². The summed E-state index contributed by atoms with van der Waals surface area (Å²) in [6.07, 6.45) is 0. The van der Waals surface area contributed by atoms with Crippen molar-refractivity contribution in [3.8, 4) is 17.2 Å². The molecule has 0 aliphatic carbocycles. The number of benzene rings is 3. The van der Waals surface area contributed by atoms with Gasteiger partial charge in [-0.25, -0.2) is 0 Å². The summed E-state index contributed by atoms with van der Waals surface area (Å²) in [6, 6.07) is 16.4. The first-order valence-corrected chi connectivity index (χ1v) is 7.97. The Kier molecular flexibility index (Phi) is 4.94. The van der Waals surface area contributed by atoms with Gasteiger partial charge in [-0.05, 0) is 54.6 Å². The van der Waals surface area contributed by atoms with Crippen molar-refractivity contribution >= 4 is 23.2 Å². The van der Waals surface area contributed by atoms with Crippen LogP contribution in [0.4, 0.5) is 11.4 Å². The van der Waals surface area contributed by atoms with Crippen LogP contribution in [0.25, 0.3) is 0 Å². The SMILES string of the molecule is O=C(Nc1ccc(NC(=O)c2cccc(O)c2O)cc1)c1cccc(O)c1. The van der Waals surface area contributed by atoms with Gasteiger partial charge in [0.05, 0.1) is 5.56 Å². The Labute approximate surface area is 154 Å². The molecule has 0 aromatic heterocycles. The van der Waals surface area contributed by atoms with Crippen molar-refractivity contribution in [1.29, 1.82) is 0 Å². The molecule has 136 valence electrons. The largest absolute Gasteiger partial charge is 0.508 e. The summed E-state index contributed by atoms with van der Waals surface area (Å²) in [4.78, 5) is 24.3. The van der Waals surface area contributed by atoms with Crippen molar-refractivity contribution < 1.29 is 24.9 Å². The van der Waals surface area contributed by atoms with Crippen LogP contribution < -0.4 is 10.6 Å². The molecule has 0 atom stereocenters. The fraction of sp³-hybridized carbons (Fsp3) is 0. The molecule has 5 N–H and O–H groups in total. The lowest BCUT2D eigenvalue weighted by molar-refractivity contribution is 0.101. The van der Waals surface area contributed by atoms with Crippen LogP contribution in [0.5, 0.6) is 17.2 Å². The van der Waals surface area contributed by atoms with Gasteiger partial charge in [-0.15, -0.1) is 0 Å². The number of phenolic OH excluding ortho intramolecular Hbond substituents is 3. The molecule has 0 aliphatic rings. The van der Waals surface area contributed by atoms with Gasteiger partial charge >= 0.3 is 0 Å². The average molecular weight is 364 g/mol. The monoisotopic (exact) mass is 364 g/mol. The third-order valence-corrected chi connectivity index (χ3v) is 3.77. The molecule has 3 aromatic rings. The summed E-state index contributed by atoms with van der Waals surface area (Å²) < 4.78 is 0. The summed E-state index contributed by atoms with van der Waals surface area (Å²) in [5, 5.41) is 33.9. The van der Waals surface area contributed by atoms with E-state index in [-0.39, 0.29) is 23.0 Å². The second-order valence-electron chi connectivity index (χ2n) is 5.71. The van der Waals surface area contributed by atoms with E-state index in [0.29, 0.717) is 16.9 Å². The number of hydrogen-bond acceptors (Lipinski definition) is 5. The molecule has 0 unspecified atom stereocenters. The van der Waals surface area contributed by atoms with Gasteiger partial charge in [-0.2, -0.15) is 0 Å². The van der Waals surface area contributed by atoms with Gasteiger partial charge in [-0.3, -0.25) is 9.59 Å². The van der Waals surface area contributed by atoms with E-state index >= 15 is 0 Å². The van der Waals surface area contributed by atoms with Gasteiger partial charge in [0, 0.05) is 16.9 Å². The minimum Gasteiger partial charge on any atom is -0.508 e. The second-order valence-corrected chi connectivity index (χ2v) is 5.71. The van der Waals surface area contributed by atoms with Crippen molar-refractivity contribution in [1.82, 2.24) is 0 Å². The fourth-order valence-corrected chi connectivity index (χ4v) is 2.40. The summed E-state index contributed by atoms with van der Waals surface area (Å²) in [5.74, 6) is -1.85. The molecular weight excluding hydrogens is 348 g/mol. The lowest BCUT2D eigenvalue weighted by atomic mass is 10.1. The maximum Gasteiger partial charge on any atom is 0.259 e. The molecule has 0 heterocycles. The van der Waals surface area contributed by atoms with Crippen molar-refractivity contribution in [2.75, 3.05) is 10.6 Å². The molecule has 2 amide bonds. The van der Waals surface area contributed by atoms with Crippen LogP contribution in [0.1, 0.15) is 20.7 Å². The number of para-hydroxylation sites is 1. The standard InChI is InChI=1S/C20H16N2O5/c23-15-4-1-3-12(11-15)19(26)21-13-7-9-14(10-8-13)22-20(27)16-5-2-6-17(24)18(16)25/h1-11,23-25H,(H,21,26)(H,22,27). The molecule has 0 saturated heterocycles. The summed E-state index contributed by atoms with van der Waals surface area (Å²) >= 11 is 0. The molecule has 0 radical (unpaired) electrons. The first-order valence-electron chi connectivity index (χ1n) is 7.97. The zero-order valence-corrected chi connectivity index (χ0v) is 14.0. The van der Waals surface area contributed by atoms with Gasteiger partial charge in [0.15, 0.2) is 11.5 Å². The van der Waals surface area contributed by atoms with E-state index in [1.807, 2.05) is 0 Å². The highest BCUT2D eigenvalue weighted by molar-refractivity contribution is 6.07. The maximum atomic E-state index is 12.2. The predicted octanol–water partition coefficient (Wildman–Crippen LogP) is 3.31. The van der Waals surface area contributed by atoms with E-state index in [1.165, 1.54) is 30.3 Å². The van der Waals surface area contributed by atoms with E-state index in [0.717, 1.165) is 0 Å². The topological polar surface area (TPSA) is 119 Å². The number of anilines is 2. The van der Waals surface area contributed by atoms with Crippen LogP contribution in [0.15, 0.2) is 66.7 Å². The Morgan fingerprint density at radius 2 is 1.30 bits per heavy atom. The molecule has 0 spiro atoms. The van der Waals surface area contributed by atoms with E-state index < -0.39 is 11.7 Å². The van der Waals surface area contributed by atoms with Gasteiger partial charge in [0.2, 0.25) is 0 Å². The first-order chi connectivity index (χ1) is 12.9. The minimum atomic E-state index is -0.583. The molecule has 3 aromatic carbocycles. The number of nitrogens with one attached hydrogen (secondary N) is 2. The summed E-state index contributed by atoms with van der Waals surface area (Å²) in [6.45, 7) is 0. The molecule has 27 heavy (non-hydrogen) atoms. The Bertz CT molecular complexity index is 1000. The maximum absolute atomic E-state index is 12.2. The van der Waals surface area contributed by atoms with Crippen LogP contribution in [-0.2, 0) is 0 Å². The molecule has 3 rings (SSSR count). The van der Waals surface area contributed by atoms with Crippen LogP contribution in [0.3, 0.4) is 0 Å². The highest BCUT2D eigenvalue weighted by Gasteiger charge is 2.14. The first kappa shape index (κ1) is 17.8. The third kappa shape index (κ3) is 4.16. The zero-order valence-electron chi connectivity index (χ0n) is 14.0. The fourth-order valence-electron chi connectivity index (χ4n) is 2.40. The highest BCUT2D eigenvalue weighted by atomic mass is 16.3. The van der Waals surface area contributed by atoms with E-state index in [1.54, 1.807) is 36.4 Å². The van der Waals surface area contributed by atoms with Crippen molar-refractivity contribution in [3.05, 3.63) is 77.9 Å².